The number of fused-ring (bicyclic) bond motifs is 2. The number of nitrogens with zero attached hydrogens (tertiary/aromatic N) is 2. The molecule has 214 valence electrons. The SMILES string of the molecule is CC(C(=O)N1CCCC1)C(O)c1ccc2c(c1)OCCO2.O=C(/C=C/c1ccc2c(c1)OCCO2)N1CCCC1. The Morgan fingerprint density at radius 2 is 1.27 bits per heavy atom. The quantitative estimate of drug-likeness (QED) is 0.565. The zero-order valence-electron chi connectivity index (χ0n) is 23.0. The summed E-state index contributed by atoms with van der Waals surface area (Å²) < 4.78 is 22.0. The number of rotatable bonds is 5. The van der Waals surface area contributed by atoms with Gasteiger partial charge in [-0.15, -0.1) is 0 Å². The van der Waals surface area contributed by atoms with Gasteiger partial charge in [0, 0.05) is 32.3 Å². The van der Waals surface area contributed by atoms with Crippen LogP contribution in [0.15, 0.2) is 42.5 Å². The molecule has 0 bridgehead atoms. The van der Waals surface area contributed by atoms with Crippen LogP contribution in [-0.4, -0.2) is 79.3 Å². The van der Waals surface area contributed by atoms with Crippen molar-refractivity contribution in [3.63, 3.8) is 0 Å². The maximum Gasteiger partial charge on any atom is 0.246 e. The average Bonchev–Trinajstić information content (AvgIpc) is 3.74. The monoisotopic (exact) mass is 550 g/mol. The molecule has 2 atom stereocenters. The number of hydrogen-bond acceptors (Lipinski definition) is 7. The Labute approximate surface area is 235 Å². The Bertz CT molecular complexity index is 1220. The molecule has 4 aliphatic heterocycles. The number of aliphatic hydroxyl groups excluding tert-OH is 1. The van der Waals surface area contributed by atoms with Crippen molar-refractivity contribution in [3.05, 3.63) is 53.6 Å². The number of hydrogen-bond donors (Lipinski definition) is 1. The highest BCUT2D eigenvalue weighted by Gasteiger charge is 2.30. The van der Waals surface area contributed by atoms with Crippen molar-refractivity contribution in [2.45, 2.75) is 38.7 Å². The molecule has 1 N–H and O–H groups in total. The van der Waals surface area contributed by atoms with Gasteiger partial charge in [0.1, 0.15) is 26.4 Å². The molecular formula is C31H38N2O7. The van der Waals surface area contributed by atoms with Crippen LogP contribution in [0.3, 0.4) is 0 Å². The summed E-state index contributed by atoms with van der Waals surface area (Å²) in [5.74, 6) is 2.51. The molecule has 40 heavy (non-hydrogen) atoms. The van der Waals surface area contributed by atoms with E-state index in [1.165, 1.54) is 0 Å². The minimum atomic E-state index is -0.825. The second-order valence-electron chi connectivity index (χ2n) is 10.4. The Hall–Kier alpha value is -3.72. The number of benzene rings is 2. The third-order valence-electron chi connectivity index (χ3n) is 7.59. The maximum atomic E-state index is 12.4. The number of carbonyl (C=O) groups excluding carboxylic acids is 2. The van der Waals surface area contributed by atoms with Crippen LogP contribution in [0, 0.1) is 5.92 Å². The van der Waals surface area contributed by atoms with Crippen LogP contribution >= 0.6 is 0 Å². The van der Waals surface area contributed by atoms with Crippen LogP contribution in [0.5, 0.6) is 23.0 Å². The summed E-state index contributed by atoms with van der Waals surface area (Å²) in [5, 5.41) is 10.5. The van der Waals surface area contributed by atoms with Gasteiger partial charge in [0.25, 0.3) is 0 Å². The van der Waals surface area contributed by atoms with Crippen molar-refractivity contribution in [1.29, 1.82) is 0 Å². The van der Waals surface area contributed by atoms with Gasteiger partial charge in [-0.05, 0) is 67.2 Å². The topological polar surface area (TPSA) is 97.8 Å². The maximum absolute atomic E-state index is 12.4. The van der Waals surface area contributed by atoms with Crippen molar-refractivity contribution >= 4 is 17.9 Å². The average molecular weight is 551 g/mol. The lowest BCUT2D eigenvalue weighted by Gasteiger charge is -2.25. The molecule has 0 spiro atoms. The minimum Gasteiger partial charge on any atom is -0.486 e. The molecule has 2 amide bonds. The van der Waals surface area contributed by atoms with Crippen LogP contribution in [0.2, 0.25) is 0 Å². The van der Waals surface area contributed by atoms with Gasteiger partial charge in [-0.2, -0.15) is 0 Å². The molecule has 2 aromatic rings. The van der Waals surface area contributed by atoms with Crippen molar-refractivity contribution < 1.29 is 33.6 Å². The Morgan fingerprint density at radius 3 is 1.90 bits per heavy atom. The van der Waals surface area contributed by atoms with Gasteiger partial charge in [0.2, 0.25) is 11.8 Å². The first kappa shape index (κ1) is 27.8. The molecule has 0 aliphatic carbocycles. The lowest BCUT2D eigenvalue weighted by atomic mass is 9.95. The van der Waals surface area contributed by atoms with Crippen molar-refractivity contribution in [2.24, 2.45) is 5.92 Å². The summed E-state index contributed by atoms with van der Waals surface area (Å²) >= 11 is 0. The first-order valence-electron chi connectivity index (χ1n) is 14.2. The van der Waals surface area contributed by atoms with Crippen molar-refractivity contribution in [1.82, 2.24) is 9.80 Å². The molecular weight excluding hydrogens is 512 g/mol. The largest absolute Gasteiger partial charge is 0.486 e. The van der Waals surface area contributed by atoms with E-state index in [0.29, 0.717) is 43.5 Å². The molecule has 4 heterocycles. The van der Waals surface area contributed by atoms with Crippen molar-refractivity contribution in [3.8, 4) is 23.0 Å². The molecule has 2 aromatic carbocycles. The van der Waals surface area contributed by atoms with Crippen molar-refractivity contribution in [2.75, 3.05) is 52.6 Å². The molecule has 9 heteroatoms. The van der Waals surface area contributed by atoms with Gasteiger partial charge in [0.05, 0.1) is 12.0 Å². The minimum absolute atomic E-state index is 0.0230. The smallest absolute Gasteiger partial charge is 0.246 e. The second kappa shape index (κ2) is 13.1. The van der Waals surface area contributed by atoms with E-state index < -0.39 is 12.0 Å². The summed E-state index contributed by atoms with van der Waals surface area (Å²) in [6, 6.07) is 11.1. The number of aliphatic hydroxyl groups is 1. The molecule has 0 saturated carbocycles. The summed E-state index contributed by atoms with van der Waals surface area (Å²) in [4.78, 5) is 28.0. The Kier molecular flexibility index (Phi) is 9.11. The normalized spacial score (nSPS) is 19.1. The highest BCUT2D eigenvalue weighted by Crippen LogP contribution is 2.35. The fourth-order valence-corrected chi connectivity index (χ4v) is 5.27. The fourth-order valence-electron chi connectivity index (χ4n) is 5.27. The van der Waals surface area contributed by atoms with Gasteiger partial charge in [-0.1, -0.05) is 19.1 Å². The molecule has 0 radical (unpaired) electrons. The highest BCUT2D eigenvalue weighted by atomic mass is 16.6. The molecule has 2 saturated heterocycles. The van der Waals surface area contributed by atoms with Gasteiger partial charge in [-0.3, -0.25) is 9.59 Å². The lowest BCUT2D eigenvalue weighted by molar-refractivity contribution is -0.137. The zero-order chi connectivity index (χ0) is 27.9. The molecule has 2 unspecified atom stereocenters. The number of amides is 2. The van der Waals surface area contributed by atoms with E-state index in [-0.39, 0.29) is 11.8 Å². The van der Waals surface area contributed by atoms with Crippen LogP contribution in [0.25, 0.3) is 6.08 Å². The van der Waals surface area contributed by atoms with Crippen LogP contribution in [0.1, 0.15) is 49.8 Å². The number of carbonyl (C=O) groups is 2. The van der Waals surface area contributed by atoms with E-state index in [1.54, 1.807) is 31.2 Å². The highest BCUT2D eigenvalue weighted by molar-refractivity contribution is 5.92. The molecule has 9 nitrogen and oxygen atoms in total. The second-order valence-corrected chi connectivity index (χ2v) is 10.4. The third kappa shape index (κ3) is 6.70. The lowest BCUT2D eigenvalue weighted by Crippen LogP contribution is -2.35. The Balaban J connectivity index is 0.000000162. The summed E-state index contributed by atoms with van der Waals surface area (Å²) in [6.45, 7) is 7.36. The van der Waals surface area contributed by atoms with Crippen LogP contribution < -0.4 is 18.9 Å². The summed E-state index contributed by atoms with van der Waals surface area (Å²) in [6.07, 6.45) is 6.98. The first-order valence-corrected chi connectivity index (χ1v) is 14.2. The first-order chi connectivity index (χ1) is 19.5. The van der Waals surface area contributed by atoms with Crippen LogP contribution in [0.4, 0.5) is 0 Å². The van der Waals surface area contributed by atoms with Crippen LogP contribution in [-0.2, 0) is 9.59 Å². The predicted molar refractivity (Wildman–Crippen MR) is 150 cm³/mol. The van der Waals surface area contributed by atoms with Gasteiger partial charge in [0.15, 0.2) is 23.0 Å². The molecule has 0 aromatic heterocycles. The zero-order valence-corrected chi connectivity index (χ0v) is 23.0. The van der Waals surface area contributed by atoms with E-state index in [2.05, 4.69) is 0 Å². The van der Waals surface area contributed by atoms with E-state index in [4.69, 9.17) is 18.9 Å². The summed E-state index contributed by atoms with van der Waals surface area (Å²) in [5.41, 5.74) is 1.65. The Morgan fingerprint density at radius 1 is 0.750 bits per heavy atom. The van der Waals surface area contributed by atoms with E-state index in [0.717, 1.165) is 68.9 Å². The fraction of sp³-hybridized carbons (Fsp3) is 0.484. The molecule has 6 rings (SSSR count). The van der Waals surface area contributed by atoms with Gasteiger partial charge in [-0.25, -0.2) is 0 Å². The predicted octanol–water partition coefficient (Wildman–Crippen LogP) is 3.84. The summed E-state index contributed by atoms with van der Waals surface area (Å²) in [7, 11) is 0. The molecule has 2 fully saturated rings. The van der Waals surface area contributed by atoms with E-state index >= 15 is 0 Å². The van der Waals surface area contributed by atoms with E-state index in [1.807, 2.05) is 34.1 Å². The third-order valence-corrected chi connectivity index (χ3v) is 7.59. The standard InChI is InChI=1S/C16H21NO4.C15H17NO3/c1-11(16(19)17-6-2-3-7-17)15(18)12-4-5-13-14(10-12)21-9-8-20-13;17-15(16-7-1-2-8-16)6-4-12-3-5-13-14(11-12)19-10-9-18-13/h4-5,10-11,15,18H,2-3,6-9H2,1H3;3-6,11H,1-2,7-10H2/b;6-4+. The van der Waals surface area contributed by atoms with Gasteiger partial charge < -0.3 is 33.9 Å². The number of likely N-dealkylation sites (tertiary alicyclic amines) is 2. The number of ether oxygens (including phenoxy) is 4. The van der Waals surface area contributed by atoms with E-state index in [9.17, 15) is 14.7 Å². The van der Waals surface area contributed by atoms with Gasteiger partial charge >= 0.3 is 0 Å². The molecule has 4 aliphatic rings.